The molecule has 152 valence electrons. The van der Waals surface area contributed by atoms with Gasteiger partial charge in [0.15, 0.2) is 11.6 Å². The summed E-state index contributed by atoms with van der Waals surface area (Å²) in [4.78, 5) is 25.0. The standard InChI is InChI=1S/C23H30O5/c1-14(2)7-10-19(28-12-11-15(3)4)16-13-20(26-5)21-17(24)8-9-18(25)22(21)23(16)27-6/h7-9,13,15,19H,10-12H2,1-6H3/t19-/m0/s1. The normalized spacial score (nSPS) is 14.1. The topological polar surface area (TPSA) is 61.8 Å². The molecule has 0 saturated heterocycles. The van der Waals surface area contributed by atoms with Crippen LogP contribution in [-0.2, 0) is 4.74 Å². The van der Waals surface area contributed by atoms with Crippen molar-refractivity contribution in [3.05, 3.63) is 46.6 Å². The lowest BCUT2D eigenvalue weighted by Crippen LogP contribution is -2.18. The Labute approximate surface area is 167 Å². The van der Waals surface area contributed by atoms with E-state index in [1.807, 2.05) is 13.8 Å². The van der Waals surface area contributed by atoms with Crippen molar-refractivity contribution in [1.29, 1.82) is 0 Å². The van der Waals surface area contributed by atoms with Crippen molar-refractivity contribution in [2.45, 2.75) is 46.6 Å². The van der Waals surface area contributed by atoms with Crippen LogP contribution in [0.25, 0.3) is 0 Å². The summed E-state index contributed by atoms with van der Waals surface area (Å²) >= 11 is 0. The van der Waals surface area contributed by atoms with E-state index < -0.39 is 0 Å². The van der Waals surface area contributed by atoms with Crippen LogP contribution >= 0.6 is 0 Å². The van der Waals surface area contributed by atoms with Gasteiger partial charge in [0.05, 0.1) is 31.5 Å². The summed E-state index contributed by atoms with van der Waals surface area (Å²) in [6.07, 6.45) is 5.90. The number of ketones is 2. The Hall–Kier alpha value is -2.40. The average Bonchev–Trinajstić information content (AvgIpc) is 2.65. The number of hydrogen-bond acceptors (Lipinski definition) is 5. The summed E-state index contributed by atoms with van der Waals surface area (Å²) < 4.78 is 17.3. The Morgan fingerprint density at radius 1 is 1.04 bits per heavy atom. The molecule has 0 aromatic heterocycles. The first-order valence-electron chi connectivity index (χ1n) is 9.60. The van der Waals surface area contributed by atoms with Gasteiger partial charge in [0.2, 0.25) is 0 Å². The van der Waals surface area contributed by atoms with Gasteiger partial charge in [-0.25, -0.2) is 0 Å². The van der Waals surface area contributed by atoms with Gasteiger partial charge in [-0.3, -0.25) is 9.59 Å². The van der Waals surface area contributed by atoms with Crippen LogP contribution in [0.1, 0.15) is 72.9 Å². The first-order valence-corrected chi connectivity index (χ1v) is 9.60. The zero-order valence-corrected chi connectivity index (χ0v) is 17.6. The van der Waals surface area contributed by atoms with Crippen LogP contribution in [0.2, 0.25) is 0 Å². The molecule has 0 spiro atoms. The highest BCUT2D eigenvalue weighted by atomic mass is 16.5. The number of carbonyl (C=O) groups excluding carboxylic acids is 2. The lowest BCUT2D eigenvalue weighted by molar-refractivity contribution is 0.0457. The second-order valence-electron chi connectivity index (χ2n) is 7.57. The van der Waals surface area contributed by atoms with Crippen molar-refractivity contribution in [2.75, 3.05) is 20.8 Å². The van der Waals surface area contributed by atoms with Gasteiger partial charge in [0, 0.05) is 12.2 Å². The van der Waals surface area contributed by atoms with Gasteiger partial charge in [-0.2, -0.15) is 0 Å². The van der Waals surface area contributed by atoms with E-state index in [1.165, 1.54) is 31.9 Å². The summed E-state index contributed by atoms with van der Waals surface area (Å²) in [5.74, 6) is 0.736. The van der Waals surface area contributed by atoms with Gasteiger partial charge < -0.3 is 14.2 Å². The molecule has 1 aliphatic carbocycles. The second kappa shape index (κ2) is 9.69. The highest BCUT2D eigenvalue weighted by Crippen LogP contribution is 2.42. The van der Waals surface area contributed by atoms with E-state index in [0.717, 1.165) is 12.0 Å². The fourth-order valence-corrected chi connectivity index (χ4v) is 3.15. The lowest BCUT2D eigenvalue weighted by atomic mass is 9.88. The number of benzene rings is 1. The Morgan fingerprint density at radius 2 is 1.68 bits per heavy atom. The Kier molecular flexibility index (Phi) is 7.58. The van der Waals surface area contributed by atoms with Gasteiger partial charge in [0.25, 0.3) is 0 Å². The molecule has 0 aliphatic heterocycles. The second-order valence-corrected chi connectivity index (χ2v) is 7.57. The summed E-state index contributed by atoms with van der Waals surface area (Å²) in [5, 5.41) is 0. The first-order chi connectivity index (χ1) is 13.3. The zero-order valence-electron chi connectivity index (χ0n) is 17.6. The fraction of sp³-hybridized carbons (Fsp3) is 0.478. The van der Waals surface area contributed by atoms with Crippen LogP contribution in [0.3, 0.4) is 0 Å². The molecular formula is C23H30O5. The molecule has 5 heteroatoms. The first kappa shape index (κ1) is 21.9. The fourth-order valence-electron chi connectivity index (χ4n) is 3.15. The number of ether oxygens (including phenoxy) is 3. The van der Waals surface area contributed by atoms with Crippen LogP contribution in [0.5, 0.6) is 11.5 Å². The van der Waals surface area contributed by atoms with E-state index in [9.17, 15) is 9.59 Å². The quantitative estimate of drug-likeness (QED) is 0.553. The molecule has 0 fully saturated rings. The van der Waals surface area contributed by atoms with E-state index in [4.69, 9.17) is 14.2 Å². The summed E-state index contributed by atoms with van der Waals surface area (Å²) in [5.41, 5.74) is 2.39. The summed E-state index contributed by atoms with van der Waals surface area (Å²) in [6, 6.07) is 1.76. The monoisotopic (exact) mass is 386 g/mol. The summed E-state index contributed by atoms with van der Waals surface area (Å²) in [7, 11) is 3.00. The number of allylic oxidation sites excluding steroid dienone is 3. The largest absolute Gasteiger partial charge is 0.496 e. The highest BCUT2D eigenvalue weighted by Gasteiger charge is 2.32. The molecule has 1 aromatic rings. The van der Waals surface area contributed by atoms with Crippen LogP contribution in [0.15, 0.2) is 29.9 Å². The molecule has 0 N–H and O–H groups in total. The maximum Gasteiger partial charge on any atom is 0.190 e. The van der Waals surface area contributed by atoms with Crippen LogP contribution in [0.4, 0.5) is 0 Å². The Bertz CT molecular complexity index is 798. The molecule has 1 aliphatic rings. The van der Waals surface area contributed by atoms with Crippen LogP contribution in [-0.4, -0.2) is 32.4 Å². The molecule has 1 aromatic carbocycles. The Balaban J connectivity index is 2.58. The molecule has 2 rings (SSSR count). The van der Waals surface area contributed by atoms with Crippen molar-refractivity contribution in [2.24, 2.45) is 5.92 Å². The number of rotatable bonds is 9. The molecule has 5 nitrogen and oxygen atoms in total. The van der Waals surface area contributed by atoms with E-state index in [1.54, 1.807) is 6.07 Å². The van der Waals surface area contributed by atoms with Crippen LogP contribution < -0.4 is 9.47 Å². The van der Waals surface area contributed by atoms with E-state index in [2.05, 4.69) is 19.9 Å². The average molecular weight is 386 g/mol. The van der Waals surface area contributed by atoms with Crippen molar-refractivity contribution in [3.63, 3.8) is 0 Å². The lowest BCUT2D eigenvalue weighted by Gasteiger charge is -2.25. The molecular weight excluding hydrogens is 356 g/mol. The van der Waals surface area contributed by atoms with Gasteiger partial charge >= 0.3 is 0 Å². The zero-order chi connectivity index (χ0) is 20.8. The minimum atomic E-state index is -0.309. The highest BCUT2D eigenvalue weighted by molar-refractivity contribution is 6.24. The summed E-state index contributed by atoms with van der Waals surface area (Å²) in [6.45, 7) is 8.95. The van der Waals surface area contributed by atoms with E-state index in [0.29, 0.717) is 30.4 Å². The van der Waals surface area contributed by atoms with Gasteiger partial charge in [-0.1, -0.05) is 25.5 Å². The van der Waals surface area contributed by atoms with Gasteiger partial charge in [0.1, 0.15) is 11.5 Å². The van der Waals surface area contributed by atoms with Crippen molar-refractivity contribution >= 4 is 11.6 Å². The SMILES string of the molecule is COc1cc([C@H](CC=C(C)C)OCCC(C)C)c(OC)c2c1C(=O)C=CC2=O. The molecule has 1 atom stereocenters. The molecule has 0 radical (unpaired) electrons. The van der Waals surface area contributed by atoms with E-state index in [-0.39, 0.29) is 28.8 Å². The molecule has 0 heterocycles. The number of fused-ring (bicyclic) bond motifs is 1. The minimum absolute atomic E-state index is 0.249. The van der Waals surface area contributed by atoms with Crippen molar-refractivity contribution in [1.82, 2.24) is 0 Å². The third-order valence-electron chi connectivity index (χ3n) is 4.68. The molecule has 28 heavy (non-hydrogen) atoms. The smallest absolute Gasteiger partial charge is 0.190 e. The molecule has 0 bridgehead atoms. The van der Waals surface area contributed by atoms with Gasteiger partial charge in [-0.05, 0) is 50.8 Å². The molecule has 0 saturated carbocycles. The van der Waals surface area contributed by atoms with Gasteiger partial charge in [-0.15, -0.1) is 0 Å². The van der Waals surface area contributed by atoms with E-state index >= 15 is 0 Å². The van der Waals surface area contributed by atoms with Crippen molar-refractivity contribution < 1.29 is 23.8 Å². The predicted molar refractivity (Wildman–Crippen MR) is 110 cm³/mol. The Morgan fingerprint density at radius 3 is 2.21 bits per heavy atom. The molecule has 0 amide bonds. The predicted octanol–water partition coefficient (Wildman–Crippen LogP) is 5.10. The maximum absolute atomic E-state index is 12.6. The minimum Gasteiger partial charge on any atom is -0.496 e. The maximum atomic E-state index is 12.6. The molecule has 0 unspecified atom stereocenters. The number of hydrogen-bond donors (Lipinski definition) is 0. The number of methoxy groups -OCH3 is 2. The van der Waals surface area contributed by atoms with Crippen molar-refractivity contribution in [3.8, 4) is 11.5 Å². The number of carbonyl (C=O) groups is 2. The van der Waals surface area contributed by atoms with Crippen LogP contribution in [0, 0.1) is 5.92 Å². The third kappa shape index (κ3) is 4.90. The third-order valence-corrected chi connectivity index (χ3v) is 4.68.